The monoisotopic (exact) mass is 216 g/mol. The molecule has 1 atom stereocenters. The fraction of sp³-hybridized carbons (Fsp3) is 0.308. The summed E-state index contributed by atoms with van der Waals surface area (Å²) in [7, 11) is 0. The van der Waals surface area contributed by atoms with E-state index >= 15 is 0 Å². The average Bonchev–Trinajstić information content (AvgIpc) is 2.30. The molecule has 0 aromatic heterocycles. The smallest absolute Gasteiger partial charge is 0.234 e. The molecular formula is C13H16N2O. The predicted octanol–water partition coefficient (Wildman–Crippen LogP) is 1.09. The van der Waals surface area contributed by atoms with Crippen LogP contribution in [0, 0.1) is 12.3 Å². The Morgan fingerprint density at radius 2 is 2.12 bits per heavy atom. The molecule has 3 heteroatoms. The Morgan fingerprint density at radius 1 is 1.44 bits per heavy atom. The normalized spacial score (nSPS) is 11.5. The SMILES string of the molecule is C#CCNCC(=O)NC(C)c1ccccc1. The molecule has 1 aromatic carbocycles. The number of carbonyl (C=O) groups is 1. The Balaban J connectivity index is 2.37. The van der Waals surface area contributed by atoms with E-state index in [4.69, 9.17) is 6.42 Å². The van der Waals surface area contributed by atoms with Gasteiger partial charge in [-0.05, 0) is 12.5 Å². The van der Waals surface area contributed by atoms with Crippen molar-refractivity contribution in [2.24, 2.45) is 0 Å². The summed E-state index contributed by atoms with van der Waals surface area (Å²) in [5, 5.41) is 5.73. The van der Waals surface area contributed by atoms with Crippen molar-refractivity contribution >= 4 is 5.91 Å². The van der Waals surface area contributed by atoms with Crippen LogP contribution in [0.2, 0.25) is 0 Å². The average molecular weight is 216 g/mol. The molecule has 0 aliphatic carbocycles. The molecule has 0 fully saturated rings. The molecule has 16 heavy (non-hydrogen) atoms. The third-order valence-electron chi connectivity index (χ3n) is 2.19. The second kappa shape index (κ2) is 6.65. The Labute approximate surface area is 96.2 Å². The Hall–Kier alpha value is -1.79. The molecule has 0 heterocycles. The lowest BCUT2D eigenvalue weighted by Gasteiger charge is -2.14. The third kappa shape index (κ3) is 4.16. The molecule has 0 saturated heterocycles. The summed E-state index contributed by atoms with van der Waals surface area (Å²) in [4.78, 5) is 11.5. The van der Waals surface area contributed by atoms with Crippen molar-refractivity contribution in [3.05, 3.63) is 35.9 Å². The summed E-state index contributed by atoms with van der Waals surface area (Å²) in [5.41, 5.74) is 1.09. The first-order valence-corrected chi connectivity index (χ1v) is 5.22. The standard InChI is InChI=1S/C13H16N2O/c1-3-9-14-10-13(16)15-11(2)12-7-5-4-6-8-12/h1,4-8,11,14H,9-10H2,2H3,(H,15,16). The highest BCUT2D eigenvalue weighted by atomic mass is 16.1. The number of carbonyl (C=O) groups excluding carboxylic acids is 1. The van der Waals surface area contributed by atoms with Crippen LogP contribution >= 0.6 is 0 Å². The number of nitrogens with one attached hydrogen (secondary N) is 2. The van der Waals surface area contributed by atoms with Crippen LogP contribution < -0.4 is 10.6 Å². The van der Waals surface area contributed by atoms with Crippen molar-refractivity contribution in [1.29, 1.82) is 0 Å². The van der Waals surface area contributed by atoms with Gasteiger partial charge in [0.15, 0.2) is 0 Å². The number of hydrogen-bond acceptors (Lipinski definition) is 2. The molecule has 1 unspecified atom stereocenters. The minimum Gasteiger partial charge on any atom is -0.348 e. The maximum atomic E-state index is 11.5. The zero-order chi connectivity index (χ0) is 11.8. The van der Waals surface area contributed by atoms with Crippen molar-refractivity contribution in [2.45, 2.75) is 13.0 Å². The topological polar surface area (TPSA) is 41.1 Å². The van der Waals surface area contributed by atoms with Crippen LogP contribution in [-0.4, -0.2) is 19.0 Å². The molecule has 0 radical (unpaired) electrons. The van der Waals surface area contributed by atoms with Gasteiger partial charge in [-0.1, -0.05) is 36.3 Å². The van der Waals surface area contributed by atoms with Crippen LogP contribution in [0.15, 0.2) is 30.3 Å². The van der Waals surface area contributed by atoms with Gasteiger partial charge >= 0.3 is 0 Å². The summed E-state index contributed by atoms with van der Waals surface area (Å²) in [6, 6.07) is 9.84. The summed E-state index contributed by atoms with van der Waals surface area (Å²) in [5.74, 6) is 2.37. The van der Waals surface area contributed by atoms with Crippen molar-refractivity contribution in [2.75, 3.05) is 13.1 Å². The van der Waals surface area contributed by atoms with Gasteiger partial charge < -0.3 is 5.32 Å². The van der Waals surface area contributed by atoms with Gasteiger partial charge in [-0.15, -0.1) is 6.42 Å². The van der Waals surface area contributed by atoms with Gasteiger partial charge in [-0.2, -0.15) is 0 Å². The first kappa shape index (κ1) is 12.3. The van der Waals surface area contributed by atoms with Gasteiger partial charge in [0, 0.05) is 0 Å². The predicted molar refractivity (Wildman–Crippen MR) is 64.7 cm³/mol. The molecule has 1 amide bonds. The summed E-state index contributed by atoms with van der Waals surface area (Å²) < 4.78 is 0. The van der Waals surface area contributed by atoms with E-state index in [9.17, 15) is 4.79 Å². The van der Waals surface area contributed by atoms with Gasteiger partial charge in [0.25, 0.3) is 0 Å². The molecule has 2 N–H and O–H groups in total. The number of terminal acetylenes is 1. The first-order valence-electron chi connectivity index (χ1n) is 5.22. The molecule has 0 bridgehead atoms. The van der Waals surface area contributed by atoms with Crippen LogP contribution in [-0.2, 0) is 4.79 Å². The van der Waals surface area contributed by atoms with Gasteiger partial charge in [-0.3, -0.25) is 10.1 Å². The Morgan fingerprint density at radius 3 is 2.75 bits per heavy atom. The molecule has 3 nitrogen and oxygen atoms in total. The number of amides is 1. The van der Waals surface area contributed by atoms with E-state index < -0.39 is 0 Å². The van der Waals surface area contributed by atoms with E-state index in [2.05, 4.69) is 16.6 Å². The molecule has 1 aromatic rings. The fourth-order valence-electron chi connectivity index (χ4n) is 1.37. The van der Waals surface area contributed by atoms with Crippen LogP contribution in [0.5, 0.6) is 0 Å². The van der Waals surface area contributed by atoms with Crippen LogP contribution in [0.1, 0.15) is 18.5 Å². The summed E-state index contributed by atoms with van der Waals surface area (Å²) in [6.07, 6.45) is 5.06. The van der Waals surface area contributed by atoms with E-state index in [0.717, 1.165) is 5.56 Å². The van der Waals surface area contributed by atoms with Gasteiger partial charge in [0.05, 0.1) is 19.1 Å². The van der Waals surface area contributed by atoms with Gasteiger partial charge in [0.2, 0.25) is 5.91 Å². The molecule has 0 aliphatic heterocycles. The molecule has 0 saturated carbocycles. The van der Waals surface area contributed by atoms with Crippen LogP contribution in [0.4, 0.5) is 0 Å². The lowest BCUT2D eigenvalue weighted by molar-refractivity contribution is -0.120. The van der Waals surface area contributed by atoms with Crippen molar-refractivity contribution in [3.63, 3.8) is 0 Å². The van der Waals surface area contributed by atoms with E-state index in [1.807, 2.05) is 37.3 Å². The minimum atomic E-state index is -0.0494. The number of rotatable bonds is 5. The lowest BCUT2D eigenvalue weighted by Crippen LogP contribution is -2.35. The highest BCUT2D eigenvalue weighted by Crippen LogP contribution is 2.10. The number of benzene rings is 1. The fourth-order valence-corrected chi connectivity index (χ4v) is 1.37. The maximum Gasteiger partial charge on any atom is 0.234 e. The zero-order valence-electron chi connectivity index (χ0n) is 9.36. The molecule has 1 rings (SSSR count). The van der Waals surface area contributed by atoms with Crippen molar-refractivity contribution in [3.8, 4) is 12.3 Å². The van der Waals surface area contributed by atoms with E-state index in [1.165, 1.54) is 0 Å². The Kier molecular flexibility index (Phi) is 5.10. The highest BCUT2D eigenvalue weighted by molar-refractivity contribution is 5.78. The zero-order valence-corrected chi connectivity index (χ0v) is 9.36. The second-order valence-electron chi connectivity index (χ2n) is 3.51. The molecule has 84 valence electrons. The number of hydrogen-bond donors (Lipinski definition) is 2. The lowest BCUT2D eigenvalue weighted by atomic mass is 10.1. The quantitative estimate of drug-likeness (QED) is 0.571. The van der Waals surface area contributed by atoms with Gasteiger partial charge in [-0.25, -0.2) is 0 Å². The summed E-state index contributed by atoms with van der Waals surface area (Å²) in [6.45, 7) is 2.61. The first-order chi connectivity index (χ1) is 7.74. The van der Waals surface area contributed by atoms with Crippen LogP contribution in [0.25, 0.3) is 0 Å². The highest BCUT2D eigenvalue weighted by Gasteiger charge is 2.07. The van der Waals surface area contributed by atoms with Crippen molar-refractivity contribution in [1.82, 2.24) is 10.6 Å². The minimum absolute atomic E-state index is 0.0151. The van der Waals surface area contributed by atoms with Crippen LogP contribution in [0.3, 0.4) is 0 Å². The molecule has 0 spiro atoms. The summed E-state index contributed by atoms with van der Waals surface area (Å²) >= 11 is 0. The Bertz CT molecular complexity index is 367. The largest absolute Gasteiger partial charge is 0.348 e. The van der Waals surface area contributed by atoms with E-state index in [1.54, 1.807) is 0 Å². The maximum absolute atomic E-state index is 11.5. The molecular weight excluding hydrogens is 200 g/mol. The van der Waals surface area contributed by atoms with Gasteiger partial charge in [0.1, 0.15) is 0 Å². The van der Waals surface area contributed by atoms with E-state index in [-0.39, 0.29) is 18.5 Å². The van der Waals surface area contributed by atoms with E-state index in [0.29, 0.717) is 6.54 Å². The third-order valence-corrected chi connectivity index (χ3v) is 2.19. The second-order valence-corrected chi connectivity index (χ2v) is 3.51. The van der Waals surface area contributed by atoms with Crippen molar-refractivity contribution < 1.29 is 4.79 Å². The molecule has 0 aliphatic rings.